The molecule has 0 radical (unpaired) electrons. The van der Waals surface area contributed by atoms with Crippen molar-refractivity contribution in [2.45, 2.75) is 13.5 Å². The number of amides is 1. The summed E-state index contributed by atoms with van der Waals surface area (Å²) in [5, 5.41) is 0.682. The molecule has 1 amide bonds. The van der Waals surface area contributed by atoms with Crippen molar-refractivity contribution in [3.63, 3.8) is 0 Å². The summed E-state index contributed by atoms with van der Waals surface area (Å²) < 4.78 is 0.905. The van der Waals surface area contributed by atoms with Crippen LogP contribution < -0.4 is 0 Å². The van der Waals surface area contributed by atoms with Gasteiger partial charge in [0.15, 0.2) is 0 Å². The number of carbonyl (C=O) groups is 1. The van der Waals surface area contributed by atoms with E-state index in [0.29, 0.717) is 17.1 Å². The molecular formula is C16H15BrClNO. The Hall–Kier alpha value is -1.32. The van der Waals surface area contributed by atoms with Gasteiger partial charge in [-0.05, 0) is 42.3 Å². The second-order valence-electron chi connectivity index (χ2n) is 4.75. The molecule has 0 aliphatic heterocycles. The maximum Gasteiger partial charge on any atom is 0.254 e. The van der Waals surface area contributed by atoms with Crippen molar-refractivity contribution in [2.75, 3.05) is 7.05 Å². The summed E-state index contributed by atoms with van der Waals surface area (Å²) in [4.78, 5) is 14.2. The molecule has 2 aromatic rings. The predicted octanol–water partition coefficient (Wildman–Crippen LogP) is 4.68. The van der Waals surface area contributed by atoms with Gasteiger partial charge in [0.05, 0.1) is 0 Å². The monoisotopic (exact) mass is 351 g/mol. The van der Waals surface area contributed by atoms with Crippen LogP contribution in [0.4, 0.5) is 0 Å². The van der Waals surface area contributed by atoms with Gasteiger partial charge in [0.25, 0.3) is 5.91 Å². The zero-order valence-electron chi connectivity index (χ0n) is 11.4. The zero-order valence-corrected chi connectivity index (χ0v) is 13.7. The molecule has 0 N–H and O–H groups in total. The van der Waals surface area contributed by atoms with Crippen LogP contribution in [-0.2, 0) is 6.54 Å². The lowest BCUT2D eigenvalue weighted by Gasteiger charge is -2.19. The van der Waals surface area contributed by atoms with Gasteiger partial charge in [-0.1, -0.05) is 45.7 Å². The van der Waals surface area contributed by atoms with Gasteiger partial charge in [-0.15, -0.1) is 0 Å². The summed E-state index contributed by atoms with van der Waals surface area (Å²) in [6, 6.07) is 13.3. The topological polar surface area (TPSA) is 20.3 Å². The van der Waals surface area contributed by atoms with E-state index in [4.69, 9.17) is 11.6 Å². The molecule has 20 heavy (non-hydrogen) atoms. The van der Waals surface area contributed by atoms with Crippen molar-refractivity contribution < 1.29 is 4.79 Å². The molecule has 0 bridgehead atoms. The Labute approximate surface area is 132 Å². The minimum absolute atomic E-state index is 0.00350. The molecule has 0 aromatic heterocycles. The first-order chi connectivity index (χ1) is 9.47. The normalized spacial score (nSPS) is 10.4. The van der Waals surface area contributed by atoms with Gasteiger partial charge < -0.3 is 4.90 Å². The van der Waals surface area contributed by atoms with Gasteiger partial charge in [-0.25, -0.2) is 0 Å². The van der Waals surface area contributed by atoms with E-state index >= 15 is 0 Å². The van der Waals surface area contributed by atoms with Crippen molar-refractivity contribution in [2.24, 2.45) is 0 Å². The average Bonchev–Trinajstić information content (AvgIpc) is 2.40. The number of nitrogens with zero attached hydrogens (tertiary/aromatic N) is 1. The summed E-state index contributed by atoms with van der Waals surface area (Å²) in [7, 11) is 1.80. The number of benzene rings is 2. The smallest absolute Gasteiger partial charge is 0.254 e. The fraction of sp³-hybridized carbons (Fsp3) is 0.188. The molecule has 0 heterocycles. The maximum atomic E-state index is 12.5. The molecule has 2 nitrogen and oxygen atoms in total. The third-order valence-corrected chi connectivity index (χ3v) is 3.81. The molecule has 0 aliphatic rings. The van der Waals surface area contributed by atoms with Crippen molar-refractivity contribution >= 4 is 33.4 Å². The highest BCUT2D eigenvalue weighted by atomic mass is 79.9. The van der Waals surface area contributed by atoms with Crippen molar-refractivity contribution in [1.82, 2.24) is 4.90 Å². The van der Waals surface area contributed by atoms with Crippen LogP contribution in [0.25, 0.3) is 0 Å². The molecule has 2 rings (SSSR count). The number of hydrogen-bond donors (Lipinski definition) is 0. The molecule has 104 valence electrons. The third-order valence-electron chi connectivity index (χ3n) is 3.09. The van der Waals surface area contributed by atoms with Crippen molar-refractivity contribution in [1.29, 1.82) is 0 Å². The zero-order chi connectivity index (χ0) is 14.7. The van der Waals surface area contributed by atoms with Gasteiger partial charge in [0.2, 0.25) is 0 Å². The van der Waals surface area contributed by atoms with Crippen LogP contribution in [0.15, 0.2) is 46.9 Å². The third kappa shape index (κ3) is 3.62. The molecule has 0 atom stereocenters. The summed E-state index contributed by atoms with van der Waals surface area (Å²) in [5.74, 6) is 0.00350. The van der Waals surface area contributed by atoms with Crippen LogP contribution in [0.2, 0.25) is 5.02 Å². The molecule has 4 heteroatoms. The van der Waals surface area contributed by atoms with Crippen molar-refractivity contribution in [3.05, 3.63) is 68.7 Å². The quantitative estimate of drug-likeness (QED) is 0.785. The highest BCUT2D eigenvalue weighted by Crippen LogP contribution is 2.19. The molecule has 0 aliphatic carbocycles. The number of hydrogen-bond acceptors (Lipinski definition) is 1. The molecule has 0 unspecified atom stereocenters. The van der Waals surface area contributed by atoms with Crippen molar-refractivity contribution in [3.8, 4) is 0 Å². The van der Waals surface area contributed by atoms with Crippen LogP contribution in [0, 0.1) is 6.92 Å². The largest absolute Gasteiger partial charge is 0.337 e. The molecule has 0 saturated carbocycles. The SMILES string of the molecule is Cc1ccc(Br)cc1C(=O)N(C)Cc1cccc(Cl)c1. The highest BCUT2D eigenvalue weighted by Gasteiger charge is 2.14. The van der Waals surface area contributed by atoms with Crippen LogP contribution in [-0.4, -0.2) is 17.9 Å². The first kappa shape index (κ1) is 15.1. The van der Waals surface area contributed by atoms with E-state index in [9.17, 15) is 4.79 Å². The fourth-order valence-corrected chi connectivity index (χ4v) is 2.59. The van der Waals surface area contributed by atoms with E-state index < -0.39 is 0 Å². The predicted molar refractivity (Wildman–Crippen MR) is 86.1 cm³/mol. The Morgan fingerprint density at radius 1 is 1.25 bits per heavy atom. The van der Waals surface area contributed by atoms with Crippen LogP contribution >= 0.6 is 27.5 Å². The molecule has 0 fully saturated rings. The molecule has 0 spiro atoms. The lowest BCUT2D eigenvalue weighted by molar-refractivity contribution is 0.0784. The Balaban J connectivity index is 2.18. The Kier molecular flexibility index (Phi) is 4.84. The standard InChI is InChI=1S/C16H15BrClNO/c1-11-6-7-13(17)9-15(11)16(20)19(2)10-12-4-3-5-14(18)8-12/h3-9H,10H2,1-2H3. The summed E-state index contributed by atoms with van der Waals surface area (Å²) in [6.07, 6.45) is 0. The van der Waals surface area contributed by atoms with E-state index in [2.05, 4.69) is 15.9 Å². The number of halogens is 2. The van der Waals surface area contributed by atoms with E-state index in [1.54, 1.807) is 11.9 Å². The number of rotatable bonds is 3. The van der Waals surface area contributed by atoms with Crippen LogP contribution in [0.3, 0.4) is 0 Å². The number of aryl methyl sites for hydroxylation is 1. The summed E-state index contributed by atoms with van der Waals surface area (Å²) >= 11 is 9.36. The van der Waals surface area contributed by atoms with E-state index in [-0.39, 0.29) is 5.91 Å². The Morgan fingerprint density at radius 3 is 2.70 bits per heavy atom. The van der Waals surface area contributed by atoms with E-state index in [0.717, 1.165) is 15.6 Å². The Bertz CT molecular complexity index is 642. The minimum Gasteiger partial charge on any atom is -0.337 e. The van der Waals surface area contributed by atoms with E-state index in [1.165, 1.54) is 0 Å². The molecule has 0 saturated heterocycles. The average molecular weight is 353 g/mol. The second-order valence-corrected chi connectivity index (χ2v) is 6.10. The first-order valence-corrected chi connectivity index (χ1v) is 7.40. The van der Waals surface area contributed by atoms with Crippen LogP contribution in [0.1, 0.15) is 21.5 Å². The minimum atomic E-state index is 0.00350. The van der Waals surface area contributed by atoms with Gasteiger partial charge in [-0.2, -0.15) is 0 Å². The van der Waals surface area contributed by atoms with Gasteiger partial charge in [0, 0.05) is 28.7 Å². The maximum absolute atomic E-state index is 12.5. The summed E-state index contributed by atoms with van der Waals surface area (Å²) in [5.41, 5.74) is 2.70. The molecule has 2 aromatic carbocycles. The van der Waals surface area contributed by atoms with Crippen LogP contribution in [0.5, 0.6) is 0 Å². The molecular weight excluding hydrogens is 338 g/mol. The van der Waals surface area contributed by atoms with Gasteiger partial charge in [0.1, 0.15) is 0 Å². The first-order valence-electron chi connectivity index (χ1n) is 6.23. The van der Waals surface area contributed by atoms with Gasteiger partial charge >= 0.3 is 0 Å². The lowest BCUT2D eigenvalue weighted by Crippen LogP contribution is -2.26. The van der Waals surface area contributed by atoms with Gasteiger partial charge in [-0.3, -0.25) is 4.79 Å². The lowest BCUT2D eigenvalue weighted by atomic mass is 10.1. The number of carbonyl (C=O) groups excluding carboxylic acids is 1. The fourth-order valence-electron chi connectivity index (χ4n) is 2.01. The highest BCUT2D eigenvalue weighted by molar-refractivity contribution is 9.10. The second kappa shape index (κ2) is 6.42. The van der Waals surface area contributed by atoms with E-state index in [1.807, 2.05) is 49.4 Å². The summed E-state index contributed by atoms with van der Waals surface area (Å²) in [6.45, 7) is 2.47. The Morgan fingerprint density at radius 2 is 2.00 bits per heavy atom.